The predicted octanol–water partition coefficient (Wildman–Crippen LogP) is 18.1. The molecule has 0 unspecified atom stereocenters. The minimum absolute atomic E-state index is 0.276. The molecule has 0 amide bonds. The van der Waals surface area contributed by atoms with E-state index in [4.69, 9.17) is 0 Å². The summed E-state index contributed by atoms with van der Waals surface area (Å²) in [7, 11) is 0. The van der Waals surface area contributed by atoms with Gasteiger partial charge in [0.05, 0.1) is 22.7 Å². The zero-order valence-corrected chi connectivity index (χ0v) is 37.7. The van der Waals surface area contributed by atoms with Crippen molar-refractivity contribution in [3.8, 4) is 55.6 Å². The smallest absolute Gasteiger partial charge is 0.0602 e. The standard InChI is InChI=1S/C63H46N2S/c1-63(2)55-39-49(44-17-9-4-10-18-44)27-35-57(55)64(53-31-23-47(24-32-53)43-15-7-3-8-16-43)58-36-28-50(40-56(58)63)48-25-33-54(34-26-48)65-59-37-29-51(45-19-11-5-12-20-45)41-61(59)66-62-42-52(30-38-60(62)65)46-21-13-6-14-22-46/h3-42H,1-2H3. The topological polar surface area (TPSA) is 6.48 Å². The van der Waals surface area contributed by atoms with Gasteiger partial charge in [0, 0.05) is 26.6 Å². The summed E-state index contributed by atoms with van der Waals surface area (Å²) in [5.74, 6) is 0. The normalized spacial score (nSPS) is 13.3. The Labute approximate surface area is 392 Å². The van der Waals surface area contributed by atoms with Crippen molar-refractivity contribution in [1.82, 2.24) is 0 Å². The van der Waals surface area contributed by atoms with E-state index in [0.717, 1.165) is 11.4 Å². The molecule has 0 spiro atoms. The van der Waals surface area contributed by atoms with Crippen LogP contribution in [0.3, 0.4) is 0 Å². The Hall–Kier alpha value is -7.85. The first-order chi connectivity index (χ1) is 32.5. The highest BCUT2D eigenvalue weighted by atomic mass is 32.2. The van der Waals surface area contributed by atoms with Crippen LogP contribution >= 0.6 is 11.8 Å². The predicted molar refractivity (Wildman–Crippen MR) is 279 cm³/mol. The van der Waals surface area contributed by atoms with Gasteiger partial charge in [0.25, 0.3) is 0 Å². The fourth-order valence-corrected chi connectivity index (χ4v) is 11.1. The number of rotatable bonds is 7. The molecule has 0 radical (unpaired) electrons. The lowest BCUT2D eigenvalue weighted by atomic mass is 9.72. The highest BCUT2D eigenvalue weighted by Crippen LogP contribution is 2.55. The van der Waals surface area contributed by atoms with Gasteiger partial charge in [-0.3, -0.25) is 0 Å². The highest BCUT2D eigenvalue weighted by Gasteiger charge is 2.38. The van der Waals surface area contributed by atoms with E-state index in [1.807, 2.05) is 11.8 Å². The third-order valence-electron chi connectivity index (χ3n) is 13.5. The first-order valence-electron chi connectivity index (χ1n) is 22.7. The highest BCUT2D eigenvalue weighted by molar-refractivity contribution is 7.99. The largest absolute Gasteiger partial charge is 0.310 e. The van der Waals surface area contributed by atoms with Crippen LogP contribution in [-0.4, -0.2) is 0 Å². The van der Waals surface area contributed by atoms with Crippen molar-refractivity contribution in [3.05, 3.63) is 254 Å². The zero-order valence-electron chi connectivity index (χ0n) is 36.9. The van der Waals surface area contributed by atoms with Gasteiger partial charge >= 0.3 is 0 Å². The van der Waals surface area contributed by atoms with Crippen LogP contribution < -0.4 is 9.80 Å². The maximum atomic E-state index is 2.46. The lowest BCUT2D eigenvalue weighted by Crippen LogP contribution is -2.30. The second-order valence-electron chi connectivity index (χ2n) is 17.8. The molecule has 10 aromatic carbocycles. The van der Waals surface area contributed by atoms with Gasteiger partial charge in [0.1, 0.15) is 0 Å². The molecule has 0 saturated heterocycles. The van der Waals surface area contributed by atoms with Crippen LogP contribution in [0, 0.1) is 0 Å². The van der Waals surface area contributed by atoms with Crippen LogP contribution in [0.2, 0.25) is 0 Å². The Kier molecular flexibility index (Phi) is 9.81. The average Bonchev–Trinajstić information content (AvgIpc) is 3.39. The molecule has 0 atom stereocenters. The third-order valence-corrected chi connectivity index (χ3v) is 14.5. The second-order valence-corrected chi connectivity index (χ2v) is 18.9. The molecule has 0 N–H and O–H groups in total. The Balaban J connectivity index is 0.942. The molecule has 314 valence electrons. The molecule has 3 heteroatoms. The number of anilines is 6. The summed E-state index contributed by atoms with van der Waals surface area (Å²) in [5.41, 5.74) is 21.5. The minimum Gasteiger partial charge on any atom is -0.310 e. The van der Waals surface area contributed by atoms with E-state index in [9.17, 15) is 0 Å². The summed E-state index contributed by atoms with van der Waals surface area (Å²) >= 11 is 1.86. The van der Waals surface area contributed by atoms with Gasteiger partial charge in [-0.1, -0.05) is 195 Å². The van der Waals surface area contributed by atoms with E-state index in [1.54, 1.807) is 0 Å². The summed E-state index contributed by atoms with van der Waals surface area (Å²) in [6.45, 7) is 4.77. The Morgan fingerprint density at radius 1 is 0.273 bits per heavy atom. The van der Waals surface area contributed by atoms with E-state index in [-0.39, 0.29) is 5.41 Å². The van der Waals surface area contributed by atoms with Gasteiger partial charge in [-0.2, -0.15) is 0 Å². The number of hydrogen-bond donors (Lipinski definition) is 0. The molecule has 2 nitrogen and oxygen atoms in total. The lowest BCUT2D eigenvalue weighted by Gasteiger charge is -2.42. The van der Waals surface area contributed by atoms with Crippen LogP contribution in [0.25, 0.3) is 55.6 Å². The van der Waals surface area contributed by atoms with Crippen molar-refractivity contribution < 1.29 is 0 Å². The lowest BCUT2D eigenvalue weighted by molar-refractivity contribution is 0.632. The number of nitrogens with zero attached hydrogens (tertiary/aromatic N) is 2. The molecule has 0 aromatic heterocycles. The number of hydrogen-bond acceptors (Lipinski definition) is 3. The van der Waals surface area contributed by atoms with Crippen molar-refractivity contribution in [2.24, 2.45) is 0 Å². The molecule has 2 heterocycles. The van der Waals surface area contributed by atoms with Crippen LogP contribution in [0.4, 0.5) is 34.1 Å². The summed E-state index contributed by atoms with van der Waals surface area (Å²) in [6, 6.07) is 88.9. The number of benzene rings is 10. The summed E-state index contributed by atoms with van der Waals surface area (Å²) in [5, 5.41) is 0. The van der Waals surface area contributed by atoms with Crippen LogP contribution in [0.1, 0.15) is 25.0 Å². The average molecular weight is 863 g/mol. The van der Waals surface area contributed by atoms with Crippen molar-refractivity contribution in [2.45, 2.75) is 29.1 Å². The van der Waals surface area contributed by atoms with Gasteiger partial charge in [-0.25, -0.2) is 0 Å². The van der Waals surface area contributed by atoms with E-state index < -0.39 is 0 Å². The molecule has 10 aromatic rings. The molecular formula is C63H46N2S. The third kappa shape index (κ3) is 7.00. The van der Waals surface area contributed by atoms with Crippen LogP contribution in [0.15, 0.2) is 252 Å². The van der Waals surface area contributed by atoms with Crippen LogP contribution in [-0.2, 0) is 5.41 Å². The fraction of sp³-hybridized carbons (Fsp3) is 0.0476. The van der Waals surface area contributed by atoms with Gasteiger partial charge in [0.2, 0.25) is 0 Å². The van der Waals surface area contributed by atoms with E-state index >= 15 is 0 Å². The van der Waals surface area contributed by atoms with Gasteiger partial charge in [-0.05, 0) is 140 Å². The van der Waals surface area contributed by atoms with E-state index in [2.05, 4.69) is 266 Å². The Morgan fingerprint density at radius 3 is 0.924 bits per heavy atom. The summed E-state index contributed by atoms with van der Waals surface area (Å²) < 4.78 is 0. The first-order valence-corrected chi connectivity index (χ1v) is 23.6. The quantitative estimate of drug-likeness (QED) is 0.158. The molecule has 2 aliphatic heterocycles. The van der Waals surface area contributed by atoms with E-state index in [1.165, 1.54) is 99.3 Å². The summed E-state index contributed by atoms with van der Waals surface area (Å²) in [6.07, 6.45) is 0. The fourth-order valence-electron chi connectivity index (χ4n) is 9.95. The van der Waals surface area contributed by atoms with Crippen molar-refractivity contribution in [3.63, 3.8) is 0 Å². The Bertz CT molecular complexity index is 3290. The molecule has 0 fully saturated rings. The van der Waals surface area contributed by atoms with Crippen molar-refractivity contribution in [2.75, 3.05) is 9.80 Å². The SMILES string of the molecule is CC1(C)c2cc(-c3ccccc3)ccc2N(c2ccc(-c3ccccc3)cc2)c2ccc(-c3ccc(N4c5ccc(-c6ccccc6)cc5Sc5cc(-c6ccccc6)ccc54)cc3)cc21. The molecular weight excluding hydrogens is 817 g/mol. The molecule has 2 aliphatic rings. The maximum absolute atomic E-state index is 2.46. The van der Waals surface area contributed by atoms with Gasteiger partial charge < -0.3 is 9.80 Å². The van der Waals surface area contributed by atoms with Gasteiger partial charge in [-0.15, -0.1) is 0 Å². The zero-order chi connectivity index (χ0) is 44.2. The molecule has 0 saturated carbocycles. The molecule has 0 aliphatic carbocycles. The first kappa shape index (κ1) is 39.7. The molecule has 12 rings (SSSR count). The number of fused-ring (bicyclic) bond motifs is 4. The Morgan fingerprint density at radius 2 is 0.545 bits per heavy atom. The van der Waals surface area contributed by atoms with E-state index in [0.29, 0.717) is 0 Å². The molecule has 0 bridgehead atoms. The maximum Gasteiger partial charge on any atom is 0.0602 e. The summed E-state index contributed by atoms with van der Waals surface area (Å²) in [4.78, 5) is 7.38. The van der Waals surface area contributed by atoms with Crippen molar-refractivity contribution in [1.29, 1.82) is 0 Å². The van der Waals surface area contributed by atoms with Gasteiger partial charge in [0.15, 0.2) is 0 Å². The monoisotopic (exact) mass is 862 g/mol. The second kappa shape index (κ2) is 16.3. The minimum atomic E-state index is -0.276. The molecule has 66 heavy (non-hydrogen) atoms. The van der Waals surface area contributed by atoms with Crippen LogP contribution in [0.5, 0.6) is 0 Å². The van der Waals surface area contributed by atoms with Crippen molar-refractivity contribution >= 4 is 45.9 Å².